The van der Waals surface area contributed by atoms with Crippen LogP contribution in [0.2, 0.25) is 0 Å². The lowest BCUT2D eigenvalue weighted by atomic mass is 10.2. The third kappa shape index (κ3) is 5.24. The van der Waals surface area contributed by atoms with Crippen molar-refractivity contribution in [3.63, 3.8) is 0 Å². The van der Waals surface area contributed by atoms with Crippen LogP contribution in [-0.4, -0.2) is 27.1 Å². The summed E-state index contributed by atoms with van der Waals surface area (Å²) in [5.74, 6) is -0.257. The zero-order valence-electron chi connectivity index (χ0n) is 15.9. The second-order valence-corrected chi connectivity index (χ2v) is 8.06. The Morgan fingerprint density at radius 1 is 1.10 bits per heavy atom. The fourth-order valence-corrected chi connectivity index (χ4v) is 3.95. The molecule has 0 saturated heterocycles. The van der Waals surface area contributed by atoms with Crippen molar-refractivity contribution >= 4 is 61.8 Å². The number of carbonyl (C=O) groups is 2. The first-order valence-corrected chi connectivity index (χ1v) is 10.7. The highest BCUT2D eigenvalue weighted by molar-refractivity contribution is 9.10. The molecule has 0 bridgehead atoms. The van der Waals surface area contributed by atoms with Crippen molar-refractivity contribution in [1.82, 2.24) is 9.55 Å². The molecule has 0 saturated carbocycles. The fourth-order valence-electron chi connectivity index (χ4n) is 2.73. The molecule has 7 nitrogen and oxygen atoms in total. The highest BCUT2D eigenvalue weighted by Crippen LogP contribution is 2.21. The topological polar surface area (TPSA) is 93.1 Å². The van der Waals surface area contributed by atoms with Crippen LogP contribution in [0.25, 0.3) is 10.9 Å². The van der Waals surface area contributed by atoms with Crippen molar-refractivity contribution in [2.45, 2.75) is 25.5 Å². The molecule has 1 aromatic heterocycles. The Morgan fingerprint density at radius 3 is 2.38 bits per heavy atom. The molecule has 2 N–H and O–H groups in total. The molecule has 0 unspecified atom stereocenters. The number of amides is 2. The highest BCUT2D eigenvalue weighted by Gasteiger charge is 2.13. The Morgan fingerprint density at radius 2 is 1.76 bits per heavy atom. The van der Waals surface area contributed by atoms with E-state index in [4.69, 9.17) is 0 Å². The molecule has 0 atom stereocenters. The number of fused-ring (bicyclic) bond motifs is 1. The van der Waals surface area contributed by atoms with Gasteiger partial charge in [-0.05, 0) is 49.4 Å². The molecule has 0 spiro atoms. The second kappa shape index (κ2) is 9.23. The molecule has 0 radical (unpaired) electrons. The van der Waals surface area contributed by atoms with Gasteiger partial charge >= 0.3 is 0 Å². The van der Waals surface area contributed by atoms with Gasteiger partial charge in [0, 0.05) is 29.3 Å². The minimum absolute atomic E-state index is 0.113. The summed E-state index contributed by atoms with van der Waals surface area (Å²) in [5.41, 5.74) is 1.74. The number of hydrogen-bond acceptors (Lipinski definition) is 5. The van der Waals surface area contributed by atoms with E-state index >= 15 is 0 Å². The third-order valence-corrected chi connectivity index (χ3v) is 5.49. The average molecular weight is 475 g/mol. The van der Waals surface area contributed by atoms with Gasteiger partial charge in [-0.3, -0.25) is 19.0 Å². The lowest BCUT2D eigenvalue weighted by Gasteiger charge is -2.11. The van der Waals surface area contributed by atoms with E-state index in [0.717, 1.165) is 4.47 Å². The van der Waals surface area contributed by atoms with Gasteiger partial charge in [-0.15, -0.1) is 0 Å². The molecule has 3 rings (SSSR count). The van der Waals surface area contributed by atoms with E-state index in [1.54, 1.807) is 41.0 Å². The number of hydrogen-bond donors (Lipinski definition) is 2. The fraction of sp³-hybridized carbons (Fsp3) is 0.200. The lowest BCUT2D eigenvalue weighted by Crippen LogP contribution is -2.23. The zero-order chi connectivity index (χ0) is 21.0. The summed E-state index contributed by atoms with van der Waals surface area (Å²) in [6, 6.07) is 12.2. The van der Waals surface area contributed by atoms with Gasteiger partial charge in [0.2, 0.25) is 11.8 Å². The number of thioether (sulfide) groups is 1. The summed E-state index contributed by atoms with van der Waals surface area (Å²) in [7, 11) is 0. The quantitative estimate of drug-likeness (QED) is 0.417. The van der Waals surface area contributed by atoms with E-state index in [-0.39, 0.29) is 23.1 Å². The minimum Gasteiger partial charge on any atom is -0.326 e. The van der Waals surface area contributed by atoms with E-state index < -0.39 is 0 Å². The number of nitrogens with zero attached hydrogens (tertiary/aromatic N) is 2. The molecule has 150 valence electrons. The SMILES string of the molecule is CCn1c(SCC(=O)Nc2ccc(NC(C)=O)cc2)nc2ccc(Br)cc2c1=O. The first-order chi connectivity index (χ1) is 13.9. The van der Waals surface area contributed by atoms with Gasteiger partial charge in [0.25, 0.3) is 5.56 Å². The second-order valence-electron chi connectivity index (χ2n) is 6.20. The van der Waals surface area contributed by atoms with Gasteiger partial charge in [-0.2, -0.15) is 0 Å². The molecule has 3 aromatic rings. The van der Waals surface area contributed by atoms with Gasteiger partial charge in [0.05, 0.1) is 16.7 Å². The van der Waals surface area contributed by atoms with Crippen molar-refractivity contribution in [3.8, 4) is 0 Å². The van der Waals surface area contributed by atoms with Crippen molar-refractivity contribution in [3.05, 3.63) is 57.3 Å². The van der Waals surface area contributed by atoms with Gasteiger partial charge < -0.3 is 10.6 Å². The molecule has 2 amide bonds. The summed E-state index contributed by atoms with van der Waals surface area (Å²) in [4.78, 5) is 40.7. The number of rotatable bonds is 6. The van der Waals surface area contributed by atoms with Crippen LogP contribution in [-0.2, 0) is 16.1 Å². The van der Waals surface area contributed by atoms with Crippen LogP contribution in [0.4, 0.5) is 11.4 Å². The Kier molecular flexibility index (Phi) is 6.71. The van der Waals surface area contributed by atoms with E-state index in [1.807, 2.05) is 13.0 Å². The molecule has 1 heterocycles. The van der Waals surface area contributed by atoms with E-state index in [0.29, 0.717) is 34.0 Å². The molecule has 29 heavy (non-hydrogen) atoms. The predicted molar refractivity (Wildman–Crippen MR) is 119 cm³/mol. The van der Waals surface area contributed by atoms with Gasteiger partial charge in [-0.25, -0.2) is 4.98 Å². The summed E-state index contributed by atoms with van der Waals surface area (Å²) in [6.07, 6.45) is 0. The zero-order valence-corrected chi connectivity index (χ0v) is 18.3. The monoisotopic (exact) mass is 474 g/mol. The standard InChI is InChI=1S/C20H19BrN4O3S/c1-3-25-19(28)16-10-13(21)4-9-17(16)24-20(25)29-11-18(27)23-15-7-5-14(6-8-15)22-12(2)26/h4-10H,3,11H2,1-2H3,(H,22,26)(H,23,27). The molecule has 2 aromatic carbocycles. The van der Waals surface area contributed by atoms with E-state index in [1.165, 1.54) is 18.7 Å². The smallest absolute Gasteiger partial charge is 0.262 e. The van der Waals surface area contributed by atoms with Gasteiger partial charge in [0.15, 0.2) is 5.16 Å². The normalized spacial score (nSPS) is 10.7. The minimum atomic E-state index is -0.213. The summed E-state index contributed by atoms with van der Waals surface area (Å²) < 4.78 is 2.38. The summed E-state index contributed by atoms with van der Waals surface area (Å²) in [5, 5.41) is 6.50. The average Bonchev–Trinajstić information content (AvgIpc) is 2.68. The molecular formula is C20H19BrN4O3S. The van der Waals surface area contributed by atoms with Crippen LogP contribution >= 0.6 is 27.7 Å². The van der Waals surface area contributed by atoms with Crippen LogP contribution in [0.5, 0.6) is 0 Å². The van der Waals surface area contributed by atoms with Gasteiger partial charge in [-0.1, -0.05) is 27.7 Å². The maximum atomic E-state index is 12.7. The number of benzene rings is 2. The van der Waals surface area contributed by atoms with Crippen molar-refractivity contribution < 1.29 is 9.59 Å². The van der Waals surface area contributed by atoms with Crippen LogP contribution in [0.15, 0.2) is 56.9 Å². The number of carbonyl (C=O) groups excluding carboxylic acids is 2. The maximum absolute atomic E-state index is 12.7. The first-order valence-electron chi connectivity index (χ1n) is 8.87. The highest BCUT2D eigenvalue weighted by atomic mass is 79.9. The molecular weight excluding hydrogens is 456 g/mol. The lowest BCUT2D eigenvalue weighted by molar-refractivity contribution is -0.114. The molecule has 0 fully saturated rings. The van der Waals surface area contributed by atoms with Crippen LogP contribution < -0.4 is 16.2 Å². The van der Waals surface area contributed by atoms with Crippen molar-refractivity contribution in [2.24, 2.45) is 0 Å². The maximum Gasteiger partial charge on any atom is 0.262 e. The van der Waals surface area contributed by atoms with Crippen LogP contribution in [0.1, 0.15) is 13.8 Å². The van der Waals surface area contributed by atoms with Crippen LogP contribution in [0, 0.1) is 0 Å². The van der Waals surface area contributed by atoms with Crippen molar-refractivity contribution in [1.29, 1.82) is 0 Å². The molecule has 0 aliphatic heterocycles. The Bertz CT molecular complexity index is 1130. The largest absolute Gasteiger partial charge is 0.326 e. The third-order valence-electron chi connectivity index (χ3n) is 4.02. The summed E-state index contributed by atoms with van der Waals surface area (Å²) >= 11 is 4.59. The number of halogens is 1. The van der Waals surface area contributed by atoms with Crippen LogP contribution in [0.3, 0.4) is 0 Å². The number of anilines is 2. The molecule has 9 heteroatoms. The predicted octanol–water partition coefficient (Wildman–Crippen LogP) is 3.87. The number of nitrogens with one attached hydrogen (secondary N) is 2. The molecule has 0 aliphatic rings. The van der Waals surface area contributed by atoms with Gasteiger partial charge in [0.1, 0.15) is 0 Å². The molecule has 0 aliphatic carbocycles. The Labute approximate surface area is 180 Å². The Balaban J connectivity index is 1.71. The Hall–Kier alpha value is -2.65. The first kappa shape index (κ1) is 21.1. The number of aromatic nitrogens is 2. The van der Waals surface area contributed by atoms with E-state index in [2.05, 4.69) is 31.5 Å². The van der Waals surface area contributed by atoms with E-state index in [9.17, 15) is 14.4 Å². The van der Waals surface area contributed by atoms with Crippen molar-refractivity contribution in [2.75, 3.05) is 16.4 Å². The summed E-state index contributed by atoms with van der Waals surface area (Å²) in [6.45, 7) is 3.76.